The van der Waals surface area contributed by atoms with E-state index < -0.39 is 10.0 Å². The maximum atomic E-state index is 12.8. The Balaban J connectivity index is 0.00000264. The maximum absolute atomic E-state index is 12.8. The second-order valence-corrected chi connectivity index (χ2v) is 7.11. The molecule has 0 aliphatic carbocycles. The van der Waals surface area contributed by atoms with Crippen molar-refractivity contribution in [2.24, 2.45) is 5.73 Å². The number of sulfonamides is 1. The number of nitrogens with two attached hydrogens (primary N) is 1. The summed E-state index contributed by atoms with van der Waals surface area (Å²) in [5.41, 5.74) is 6.68. The van der Waals surface area contributed by atoms with Gasteiger partial charge in [0.25, 0.3) is 0 Å². The van der Waals surface area contributed by atoms with E-state index in [0.717, 1.165) is 5.56 Å². The lowest BCUT2D eigenvalue weighted by Crippen LogP contribution is -2.37. The van der Waals surface area contributed by atoms with Crippen molar-refractivity contribution >= 4 is 22.4 Å². The van der Waals surface area contributed by atoms with Gasteiger partial charge in [0.15, 0.2) is 0 Å². The second kappa shape index (κ2) is 8.49. The van der Waals surface area contributed by atoms with Gasteiger partial charge in [-0.1, -0.05) is 30.3 Å². The average Bonchev–Trinajstić information content (AvgIpc) is 2.84. The van der Waals surface area contributed by atoms with Gasteiger partial charge in [0.1, 0.15) is 16.4 Å². The summed E-state index contributed by atoms with van der Waals surface area (Å²) in [6.07, 6.45) is 0.649. The number of hydrogen-bond donors (Lipinski definition) is 1. The predicted molar refractivity (Wildman–Crippen MR) is 93.4 cm³/mol. The zero-order valence-corrected chi connectivity index (χ0v) is 15.0. The molecule has 0 spiro atoms. The summed E-state index contributed by atoms with van der Waals surface area (Å²) in [7, 11) is -3.58. The standard InChI is InChI=1S/C16H22N2O3S.ClH/c1-13-12-16(14(2)21-13)22(19,20)18(11-9-17)10-8-15-6-4-3-5-7-15;/h3-7,12H,8-11,17H2,1-2H3;1H. The topological polar surface area (TPSA) is 76.5 Å². The van der Waals surface area contributed by atoms with Crippen LogP contribution in [0.1, 0.15) is 17.1 Å². The van der Waals surface area contributed by atoms with Crippen LogP contribution in [0.3, 0.4) is 0 Å². The van der Waals surface area contributed by atoms with Gasteiger partial charge < -0.3 is 10.2 Å². The van der Waals surface area contributed by atoms with Crippen LogP contribution in [0.25, 0.3) is 0 Å². The van der Waals surface area contributed by atoms with E-state index in [9.17, 15) is 8.42 Å². The molecule has 7 heteroatoms. The monoisotopic (exact) mass is 358 g/mol. The number of halogens is 1. The molecule has 1 heterocycles. The number of hydrogen-bond acceptors (Lipinski definition) is 4. The van der Waals surface area contributed by atoms with E-state index in [0.29, 0.717) is 31.0 Å². The fourth-order valence-corrected chi connectivity index (χ4v) is 4.07. The molecule has 5 nitrogen and oxygen atoms in total. The van der Waals surface area contributed by atoms with Gasteiger partial charge in [-0.3, -0.25) is 0 Å². The average molecular weight is 359 g/mol. The SMILES string of the molecule is Cc1cc(S(=O)(=O)N(CCN)CCc2ccccc2)c(C)o1.Cl. The maximum Gasteiger partial charge on any atom is 0.246 e. The fraction of sp³-hybridized carbons (Fsp3) is 0.375. The van der Waals surface area contributed by atoms with Gasteiger partial charge in [0, 0.05) is 19.6 Å². The summed E-state index contributed by atoms with van der Waals surface area (Å²) in [5, 5.41) is 0. The highest BCUT2D eigenvalue weighted by Crippen LogP contribution is 2.23. The summed E-state index contributed by atoms with van der Waals surface area (Å²) < 4.78 is 32.4. The molecule has 0 saturated heterocycles. The van der Waals surface area contributed by atoms with Crippen LogP contribution >= 0.6 is 12.4 Å². The molecule has 0 aliphatic rings. The molecule has 0 bridgehead atoms. The first-order valence-electron chi connectivity index (χ1n) is 7.26. The minimum absolute atomic E-state index is 0. The molecule has 2 aromatic rings. The molecular weight excluding hydrogens is 336 g/mol. The lowest BCUT2D eigenvalue weighted by Gasteiger charge is -2.21. The van der Waals surface area contributed by atoms with E-state index in [1.165, 1.54) is 4.31 Å². The summed E-state index contributed by atoms with van der Waals surface area (Å²) in [4.78, 5) is 0.228. The van der Waals surface area contributed by atoms with Crippen molar-refractivity contribution in [1.29, 1.82) is 0 Å². The Morgan fingerprint density at radius 1 is 1.13 bits per heavy atom. The first-order valence-corrected chi connectivity index (χ1v) is 8.70. The summed E-state index contributed by atoms with van der Waals surface area (Å²) in [6, 6.07) is 11.4. The largest absolute Gasteiger partial charge is 0.465 e. The van der Waals surface area contributed by atoms with E-state index in [4.69, 9.17) is 10.2 Å². The predicted octanol–water partition coefficient (Wildman–Crippen LogP) is 2.51. The molecule has 0 amide bonds. The van der Waals surface area contributed by atoms with Crippen LogP contribution in [0.2, 0.25) is 0 Å². The van der Waals surface area contributed by atoms with E-state index in [1.54, 1.807) is 19.9 Å². The van der Waals surface area contributed by atoms with Gasteiger partial charge in [-0.25, -0.2) is 8.42 Å². The number of nitrogens with zero attached hydrogens (tertiary/aromatic N) is 1. The van der Waals surface area contributed by atoms with E-state index in [1.807, 2.05) is 30.3 Å². The number of rotatable bonds is 7. The molecule has 0 atom stereocenters. The van der Waals surface area contributed by atoms with Gasteiger partial charge >= 0.3 is 0 Å². The van der Waals surface area contributed by atoms with Gasteiger partial charge in [0.2, 0.25) is 10.0 Å². The summed E-state index contributed by atoms with van der Waals surface area (Å²) in [5.74, 6) is 1.01. The Labute approximate surface area is 143 Å². The molecule has 0 saturated carbocycles. The first-order chi connectivity index (χ1) is 10.4. The van der Waals surface area contributed by atoms with Crippen LogP contribution in [0, 0.1) is 13.8 Å². The second-order valence-electron chi connectivity index (χ2n) is 5.21. The highest BCUT2D eigenvalue weighted by Gasteiger charge is 2.27. The van der Waals surface area contributed by atoms with Gasteiger partial charge in [-0.05, 0) is 31.9 Å². The van der Waals surface area contributed by atoms with Crippen molar-refractivity contribution in [3.63, 3.8) is 0 Å². The van der Waals surface area contributed by atoms with Gasteiger partial charge in [-0.2, -0.15) is 4.31 Å². The van der Waals surface area contributed by atoms with E-state index in [2.05, 4.69) is 0 Å². The molecule has 1 aromatic heterocycles. The van der Waals surface area contributed by atoms with Crippen molar-refractivity contribution in [1.82, 2.24) is 4.31 Å². The van der Waals surface area contributed by atoms with Crippen molar-refractivity contribution in [2.45, 2.75) is 25.2 Å². The lowest BCUT2D eigenvalue weighted by atomic mass is 10.1. The van der Waals surface area contributed by atoms with Crippen molar-refractivity contribution < 1.29 is 12.8 Å². The third-order valence-corrected chi connectivity index (χ3v) is 5.49. The van der Waals surface area contributed by atoms with Crippen molar-refractivity contribution in [2.75, 3.05) is 19.6 Å². The lowest BCUT2D eigenvalue weighted by molar-refractivity contribution is 0.419. The summed E-state index contributed by atoms with van der Waals surface area (Å²) >= 11 is 0. The number of furan rings is 1. The molecule has 2 rings (SSSR count). The third-order valence-electron chi connectivity index (χ3n) is 3.48. The highest BCUT2D eigenvalue weighted by atomic mass is 35.5. The number of benzene rings is 1. The van der Waals surface area contributed by atoms with E-state index >= 15 is 0 Å². The first kappa shape index (κ1) is 19.7. The van der Waals surface area contributed by atoms with E-state index in [-0.39, 0.29) is 23.8 Å². The fourth-order valence-electron chi connectivity index (χ4n) is 2.40. The number of aryl methyl sites for hydroxylation is 2. The molecule has 0 fully saturated rings. The Hall–Kier alpha value is -1.34. The molecular formula is C16H23ClN2O3S. The Bertz CT molecular complexity index is 714. The zero-order valence-electron chi connectivity index (χ0n) is 13.4. The van der Waals surface area contributed by atoms with Gasteiger partial charge in [-0.15, -0.1) is 12.4 Å². The molecule has 23 heavy (non-hydrogen) atoms. The highest BCUT2D eigenvalue weighted by molar-refractivity contribution is 7.89. The zero-order chi connectivity index (χ0) is 16.2. The van der Waals surface area contributed by atoms with Crippen LogP contribution in [0.4, 0.5) is 0 Å². The molecule has 0 radical (unpaired) electrons. The van der Waals surface area contributed by atoms with Crippen molar-refractivity contribution in [3.05, 3.63) is 53.5 Å². The molecule has 2 N–H and O–H groups in total. The molecule has 128 valence electrons. The summed E-state index contributed by atoms with van der Waals surface area (Å²) in [6.45, 7) is 4.37. The van der Waals surface area contributed by atoms with Crippen LogP contribution < -0.4 is 5.73 Å². The quantitative estimate of drug-likeness (QED) is 0.825. The van der Waals surface area contributed by atoms with Crippen LogP contribution in [0.5, 0.6) is 0 Å². The Morgan fingerprint density at radius 3 is 2.30 bits per heavy atom. The molecule has 0 aliphatic heterocycles. The minimum Gasteiger partial charge on any atom is -0.465 e. The minimum atomic E-state index is -3.58. The van der Waals surface area contributed by atoms with Crippen molar-refractivity contribution in [3.8, 4) is 0 Å². The Morgan fingerprint density at radius 2 is 1.78 bits per heavy atom. The third kappa shape index (κ3) is 4.81. The normalized spacial score (nSPS) is 11.5. The Kier molecular flexibility index (Phi) is 7.28. The van der Waals surface area contributed by atoms with Gasteiger partial charge in [0.05, 0.1) is 0 Å². The van der Waals surface area contributed by atoms with Crippen LogP contribution in [0.15, 0.2) is 45.7 Å². The van der Waals surface area contributed by atoms with Crippen LogP contribution in [-0.2, 0) is 16.4 Å². The smallest absolute Gasteiger partial charge is 0.246 e. The molecule has 0 unspecified atom stereocenters. The molecule has 1 aromatic carbocycles. The van der Waals surface area contributed by atoms with Crippen LogP contribution in [-0.4, -0.2) is 32.4 Å².